The number of rotatable bonds is 4. The molecule has 0 unspecified atom stereocenters. The van der Waals surface area contributed by atoms with E-state index in [0.29, 0.717) is 0 Å². The minimum Gasteiger partial charge on any atom is -0.479 e. The molecule has 0 aliphatic carbocycles. The van der Waals surface area contributed by atoms with Gasteiger partial charge in [-0.25, -0.2) is 4.79 Å². The minimum absolute atomic E-state index is 0.584. The van der Waals surface area contributed by atoms with Crippen LogP contribution in [0.2, 0.25) is 0 Å². The number of hydrogen-bond donors (Lipinski definition) is 8. The average Bonchev–Trinajstić information content (AvgIpc) is 2.54. The first kappa shape index (κ1) is 19.4. The maximum atomic E-state index is 11.0. The van der Waals surface area contributed by atoms with Crippen LogP contribution in [0.5, 0.6) is 0 Å². The van der Waals surface area contributed by atoms with Gasteiger partial charge in [0.25, 0.3) is 0 Å². The SMILES string of the molecule is O=C(O)[C@H]1O[C@H](OC[C@H]2O[C@H](O)[C@H](O)[C@@H](O)[C@H]2O)[C@H](O)[C@@H](O)[C@H]1O. The number of ether oxygens (including phenoxy) is 3. The fourth-order valence-corrected chi connectivity index (χ4v) is 2.45. The third-order valence-corrected chi connectivity index (χ3v) is 3.92. The Morgan fingerprint density at radius 1 is 0.792 bits per heavy atom. The van der Waals surface area contributed by atoms with Crippen LogP contribution in [0.4, 0.5) is 0 Å². The summed E-state index contributed by atoms with van der Waals surface area (Å²) in [5.41, 5.74) is 0. The number of hydrogen-bond acceptors (Lipinski definition) is 11. The van der Waals surface area contributed by atoms with Crippen LogP contribution >= 0.6 is 0 Å². The Kier molecular flexibility index (Phi) is 6.09. The zero-order valence-electron chi connectivity index (χ0n) is 12.2. The number of aliphatic carboxylic acids is 1. The summed E-state index contributed by atoms with van der Waals surface area (Å²) in [7, 11) is 0. The normalized spacial score (nSPS) is 49.8. The van der Waals surface area contributed by atoms with Gasteiger partial charge in [0.1, 0.15) is 42.7 Å². The maximum absolute atomic E-state index is 11.0. The highest BCUT2D eigenvalue weighted by Gasteiger charge is 2.49. The fourth-order valence-electron chi connectivity index (χ4n) is 2.45. The molecule has 0 radical (unpaired) electrons. The second kappa shape index (κ2) is 7.53. The van der Waals surface area contributed by atoms with Crippen LogP contribution < -0.4 is 0 Å². The highest BCUT2D eigenvalue weighted by Crippen LogP contribution is 2.25. The standard InChI is InChI=1S/C12H20O12/c13-3-2(23-11(21)7(17)4(3)14)1-22-12-8(18)5(15)6(16)9(24-12)10(19)20/h2-9,11-18,21H,1H2,(H,19,20)/t2-,3+,4+,5+,6-,7-,8-,9+,11+,12+/m1/s1. The molecule has 12 heteroatoms. The average molecular weight is 356 g/mol. The van der Waals surface area contributed by atoms with Crippen LogP contribution in [-0.4, -0.2) is 115 Å². The van der Waals surface area contributed by atoms with Gasteiger partial charge in [0.05, 0.1) is 6.61 Å². The summed E-state index contributed by atoms with van der Waals surface area (Å²) in [6.45, 7) is -0.584. The van der Waals surface area contributed by atoms with Gasteiger partial charge < -0.3 is 55.1 Å². The lowest BCUT2D eigenvalue weighted by Gasteiger charge is -2.41. The van der Waals surface area contributed by atoms with Crippen LogP contribution in [0.25, 0.3) is 0 Å². The van der Waals surface area contributed by atoms with E-state index in [4.69, 9.17) is 19.3 Å². The Bertz CT molecular complexity index is 446. The molecule has 2 aliphatic rings. The highest BCUT2D eigenvalue weighted by molar-refractivity contribution is 5.73. The van der Waals surface area contributed by atoms with Crippen molar-refractivity contribution in [3.8, 4) is 0 Å². The number of aliphatic hydroxyl groups is 7. The van der Waals surface area contributed by atoms with E-state index < -0.39 is 74.0 Å². The van der Waals surface area contributed by atoms with E-state index in [2.05, 4.69) is 0 Å². The van der Waals surface area contributed by atoms with E-state index in [9.17, 15) is 40.5 Å². The molecule has 2 heterocycles. The van der Waals surface area contributed by atoms with Crippen molar-refractivity contribution in [2.24, 2.45) is 0 Å². The molecule has 12 nitrogen and oxygen atoms in total. The monoisotopic (exact) mass is 356 g/mol. The molecule has 0 aromatic carbocycles. The fraction of sp³-hybridized carbons (Fsp3) is 0.917. The van der Waals surface area contributed by atoms with Crippen LogP contribution in [0.1, 0.15) is 0 Å². The lowest BCUT2D eigenvalue weighted by Crippen LogP contribution is -2.62. The molecule has 10 atom stereocenters. The summed E-state index contributed by atoms with van der Waals surface area (Å²) in [6.07, 6.45) is -17.3. The van der Waals surface area contributed by atoms with E-state index >= 15 is 0 Å². The van der Waals surface area contributed by atoms with Gasteiger partial charge in [0.15, 0.2) is 18.7 Å². The Morgan fingerprint density at radius 2 is 1.38 bits per heavy atom. The van der Waals surface area contributed by atoms with E-state index in [1.165, 1.54) is 0 Å². The lowest BCUT2D eigenvalue weighted by atomic mass is 9.98. The summed E-state index contributed by atoms with van der Waals surface area (Å²) in [5.74, 6) is -1.59. The van der Waals surface area contributed by atoms with Gasteiger partial charge in [-0.15, -0.1) is 0 Å². The summed E-state index contributed by atoms with van der Waals surface area (Å²) in [4.78, 5) is 11.0. The third-order valence-electron chi connectivity index (χ3n) is 3.92. The molecule has 0 aromatic rings. The molecule has 2 fully saturated rings. The highest BCUT2D eigenvalue weighted by atomic mass is 16.7. The largest absolute Gasteiger partial charge is 0.479 e. The molecule has 0 spiro atoms. The second-order valence-electron chi connectivity index (χ2n) is 5.61. The Labute approximate surface area is 135 Å². The lowest BCUT2D eigenvalue weighted by molar-refractivity contribution is -0.321. The van der Waals surface area contributed by atoms with Crippen LogP contribution in [0.15, 0.2) is 0 Å². The van der Waals surface area contributed by atoms with Crippen LogP contribution in [0, 0.1) is 0 Å². The Hall–Kier alpha value is -0.930. The van der Waals surface area contributed by atoms with Gasteiger partial charge in [0.2, 0.25) is 0 Å². The predicted octanol–water partition coefficient (Wildman–Crippen LogP) is -5.30. The molecule has 2 rings (SSSR count). The number of carboxylic acids is 1. The quantitative estimate of drug-likeness (QED) is 0.238. The van der Waals surface area contributed by atoms with Gasteiger partial charge in [-0.05, 0) is 0 Å². The molecule has 140 valence electrons. The molecule has 0 bridgehead atoms. The third kappa shape index (κ3) is 3.67. The zero-order chi connectivity index (χ0) is 18.2. The molecule has 24 heavy (non-hydrogen) atoms. The number of carboxylic acid groups (broad SMARTS) is 1. The van der Waals surface area contributed by atoms with E-state index in [1.54, 1.807) is 0 Å². The summed E-state index contributed by atoms with van der Waals surface area (Å²) >= 11 is 0. The number of carbonyl (C=O) groups is 1. The molecule has 0 amide bonds. The smallest absolute Gasteiger partial charge is 0.335 e. The topological polar surface area (TPSA) is 207 Å². The summed E-state index contributed by atoms with van der Waals surface area (Å²) in [6, 6.07) is 0. The van der Waals surface area contributed by atoms with Gasteiger partial charge in [0, 0.05) is 0 Å². The molecular weight excluding hydrogens is 336 g/mol. The van der Waals surface area contributed by atoms with Crippen molar-refractivity contribution in [1.29, 1.82) is 0 Å². The van der Waals surface area contributed by atoms with Crippen molar-refractivity contribution in [3.63, 3.8) is 0 Å². The van der Waals surface area contributed by atoms with Crippen molar-refractivity contribution in [1.82, 2.24) is 0 Å². The van der Waals surface area contributed by atoms with Gasteiger partial charge >= 0.3 is 5.97 Å². The molecule has 0 aromatic heterocycles. The molecule has 2 saturated heterocycles. The minimum atomic E-state index is -1.88. The maximum Gasteiger partial charge on any atom is 0.335 e. The van der Waals surface area contributed by atoms with Gasteiger partial charge in [-0.2, -0.15) is 0 Å². The van der Waals surface area contributed by atoms with Crippen molar-refractivity contribution in [3.05, 3.63) is 0 Å². The first-order chi connectivity index (χ1) is 11.1. The molecular formula is C12H20O12. The van der Waals surface area contributed by atoms with Crippen molar-refractivity contribution in [2.45, 2.75) is 61.4 Å². The van der Waals surface area contributed by atoms with E-state index in [1.807, 2.05) is 0 Å². The molecule has 0 saturated carbocycles. The Morgan fingerprint density at radius 3 is 1.96 bits per heavy atom. The van der Waals surface area contributed by atoms with E-state index in [0.717, 1.165) is 0 Å². The van der Waals surface area contributed by atoms with Crippen molar-refractivity contribution >= 4 is 5.97 Å². The van der Waals surface area contributed by atoms with Crippen LogP contribution in [0.3, 0.4) is 0 Å². The first-order valence-electron chi connectivity index (χ1n) is 7.07. The second-order valence-corrected chi connectivity index (χ2v) is 5.61. The summed E-state index contributed by atoms with van der Waals surface area (Å²) < 4.78 is 14.7. The van der Waals surface area contributed by atoms with Crippen molar-refractivity contribution < 1.29 is 59.9 Å². The molecule has 8 N–H and O–H groups in total. The van der Waals surface area contributed by atoms with Gasteiger partial charge in [-0.3, -0.25) is 0 Å². The summed E-state index contributed by atoms with van der Waals surface area (Å²) in [5, 5.41) is 75.8. The van der Waals surface area contributed by atoms with Crippen LogP contribution in [-0.2, 0) is 19.0 Å². The van der Waals surface area contributed by atoms with E-state index in [-0.39, 0.29) is 0 Å². The predicted molar refractivity (Wildman–Crippen MR) is 69.2 cm³/mol. The number of aliphatic hydroxyl groups excluding tert-OH is 7. The Balaban J connectivity index is 1.98. The van der Waals surface area contributed by atoms with Crippen molar-refractivity contribution in [2.75, 3.05) is 6.61 Å². The zero-order valence-corrected chi connectivity index (χ0v) is 12.2. The van der Waals surface area contributed by atoms with Gasteiger partial charge in [-0.1, -0.05) is 0 Å². The molecule has 2 aliphatic heterocycles. The first-order valence-corrected chi connectivity index (χ1v) is 7.07.